The number of amides is 2. The Hall–Kier alpha value is -1.03. The highest BCUT2D eigenvalue weighted by Gasteiger charge is 2.36. The number of carbonyl (C=O) groups excluding carboxylic acids is 1. The summed E-state index contributed by atoms with van der Waals surface area (Å²) in [6.07, 6.45) is -4.54. The van der Waals surface area contributed by atoms with Gasteiger partial charge in [0.2, 0.25) is 10.1 Å². The third kappa shape index (κ3) is 4.22. The average Bonchev–Trinajstić information content (AvgIpc) is 2.87. The van der Waals surface area contributed by atoms with Crippen LogP contribution in [0.2, 0.25) is 0 Å². The Kier molecular flexibility index (Phi) is 4.97. The molecule has 1 saturated heterocycles. The van der Waals surface area contributed by atoms with E-state index in [1.165, 1.54) is 0 Å². The molecule has 1 aromatic heterocycles. The van der Waals surface area contributed by atoms with E-state index in [4.69, 9.17) is 0 Å². The summed E-state index contributed by atoms with van der Waals surface area (Å²) in [5, 5.41) is 7.92. The maximum atomic E-state index is 12.4. The first-order chi connectivity index (χ1) is 9.77. The normalized spacial score (nSPS) is 19.9. The highest BCUT2D eigenvalue weighted by molar-refractivity contribution is 8.00. The van der Waals surface area contributed by atoms with Gasteiger partial charge in [0.15, 0.2) is 0 Å². The Balaban J connectivity index is 1.96. The molecule has 1 aliphatic rings. The highest BCUT2D eigenvalue weighted by atomic mass is 32.2. The molecule has 2 amide bonds. The number of rotatable bonds is 2. The van der Waals surface area contributed by atoms with Crippen molar-refractivity contribution in [2.75, 3.05) is 24.2 Å². The number of nitrogens with one attached hydrogen (secondary N) is 1. The van der Waals surface area contributed by atoms with Crippen molar-refractivity contribution >= 4 is 34.3 Å². The third-order valence-electron chi connectivity index (χ3n) is 3.01. The van der Waals surface area contributed by atoms with Crippen molar-refractivity contribution in [1.29, 1.82) is 0 Å². The number of nitrogens with zero attached hydrogens (tertiary/aromatic N) is 3. The molecule has 0 radical (unpaired) electrons. The summed E-state index contributed by atoms with van der Waals surface area (Å²) in [6, 6.07) is -0.425. The fraction of sp³-hybridized carbons (Fsp3) is 0.727. The van der Waals surface area contributed by atoms with Crippen molar-refractivity contribution in [2.24, 2.45) is 5.92 Å². The molecule has 1 atom stereocenters. The van der Waals surface area contributed by atoms with Gasteiger partial charge in [-0.3, -0.25) is 5.32 Å². The van der Waals surface area contributed by atoms with Crippen LogP contribution in [0.4, 0.5) is 23.1 Å². The lowest BCUT2D eigenvalue weighted by atomic mass is 10.1. The van der Waals surface area contributed by atoms with E-state index in [1.807, 2.05) is 11.8 Å². The molecule has 0 aliphatic carbocycles. The average molecular weight is 340 g/mol. The van der Waals surface area contributed by atoms with E-state index in [1.54, 1.807) is 4.90 Å². The Morgan fingerprint density at radius 2 is 2.14 bits per heavy atom. The first kappa shape index (κ1) is 16.3. The largest absolute Gasteiger partial charge is 0.445 e. The quantitative estimate of drug-likeness (QED) is 0.898. The fourth-order valence-electron chi connectivity index (χ4n) is 1.82. The molecule has 10 heteroatoms. The molecule has 0 bridgehead atoms. The van der Waals surface area contributed by atoms with Crippen LogP contribution in [0.15, 0.2) is 0 Å². The van der Waals surface area contributed by atoms with Gasteiger partial charge in [0.1, 0.15) is 0 Å². The summed E-state index contributed by atoms with van der Waals surface area (Å²) in [5.41, 5.74) is 0. The van der Waals surface area contributed by atoms with Crippen LogP contribution in [0.1, 0.15) is 18.9 Å². The van der Waals surface area contributed by atoms with Gasteiger partial charge in [-0.25, -0.2) is 4.79 Å². The molecule has 118 valence electrons. The molecule has 0 saturated carbocycles. The molecule has 0 aromatic carbocycles. The first-order valence-electron chi connectivity index (χ1n) is 6.35. The summed E-state index contributed by atoms with van der Waals surface area (Å²) in [7, 11) is 0. The number of anilines is 1. The van der Waals surface area contributed by atoms with Gasteiger partial charge in [-0.05, 0) is 5.92 Å². The van der Waals surface area contributed by atoms with Crippen molar-refractivity contribution in [1.82, 2.24) is 15.1 Å². The van der Waals surface area contributed by atoms with E-state index in [2.05, 4.69) is 29.4 Å². The Morgan fingerprint density at radius 1 is 1.43 bits per heavy atom. The number of thioether (sulfide) groups is 1. The molecule has 1 N–H and O–H groups in total. The van der Waals surface area contributed by atoms with Crippen molar-refractivity contribution < 1.29 is 18.0 Å². The molecule has 1 aromatic rings. The molecule has 1 aliphatic heterocycles. The molecular formula is C11H15F3N4OS2. The Morgan fingerprint density at radius 3 is 2.71 bits per heavy atom. The molecule has 21 heavy (non-hydrogen) atoms. The number of aromatic nitrogens is 2. The van der Waals surface area contributed by atoms with Crippen LogP contribution in [0, 0.1) is 5.92 Å². The molecule has 2 rings (SSSR count). The summed E-state index contributed by atoms with van der Waals surface area (Å²) in [4.78, 5) is 13.7. The van der Waals surface area contributed by atoms with Gasteiger partial charge in [0.05, 0.1) is 0 Å². The van der Waals surface area contributed by atoms with Gasteiger partial charge in [-0.2, -0.15) is 24.9 Å². The van der Waals surface area contributed by atoms with E-state index in [0.29, 0.717) is 35.6 Å². The summed E-state index contributed by atoms with van der Waals surface area (Å²) >= 11 is 2.14. The van der Waals surface area contributed by atoms with Crippen molar-refractivity contribution in [3.05, 3.63) is 5.01 Å². The highest BCUT2D eigenvalue weighted by Crippen LogP contribution is 2.33. The number of carbonyl (C=O) groups is 1. The smallest absolute Gasteiger partial charge is 0.323 e. The summed E-state index contributed by atoms with van der Waals surface area (Å²) < 4.78 is 37.2. The van der Waals surface area contributed by atoms with Gasteiger partial charge in [0.25, 0.3) is 0 Å². The maximum absolute atomic E-state index is 12.4. The Bertz CT molecular complexity index is 506. The second kappa shape index (κ2) is 6.39. The van der Waals surface area contributed by atoms with Crippen LogP contribution in [-0.4, -0.2) is 45.2 Å². The van der Waals surface area contributed by atoms with Gasteiger partial charge >= 0.3 is 12.2 Å². The zero-order valence-corrected chi connectivity index (χ0v) is 13.1. The zero-order chi connectivity index (χ0) is 15.6. The molecule has 0 spiro atoms. The minimum absolute atomic E-state index is 0.133. The zero-order valence-electron chi connectivity index (χ0n) is 11.5. The molecule has 1 fully saturated rings. The van der Waals surface area contributed by atoms with Crippen LogP contribution in [0.3, 0.4) is 0 Å². The number of alkyl halides is 3. The molecular weight excluding hydrogens is 325 g/mol. The predicted octanol–water partition coefficient (Wildman–Crippen LogP) is 3.16. The SMILES string of the molecule is CC(C)C1CN(C(=O)Nc2nnc(C(F)(F)F)s2)CCS1. The Labute approximate surface area is 128 Å². The topological polar surface area (TPSA) is 58.1 Å². The van der Waals surface area contributed by atoms with E-state index in [9.17, 15) is 18.0 Å². The fourth-order valence-corrected chi connectivity index (χ4v) is 3.72. The summed E-state index contributed by atoms with van der Waals surface area (Å²) in [6.45, 7) is 5.32. The monoisotopic (exact) mass is 340 g/mol. The maximum Gasteiger partial charge on any atom is 0.445 e. The molecule has 2 heterocycles. The molecule has 5 nitrogen and oxygen atoms in total. The minimum Gasteiger partial charge on any atom is -0.323 e. The number of hydrogen-bond acceptors (Lipinski definition) is 5. The third-order valence-corrected chi connectivity index (χ3v) is 5.43. The van der Waals surface area contributed by atoms with Crippen LogP contribution in [0.5, 0.6) is 0 Å². The van der Waals surface area contributed by atoms with Crippen molar-refractivity contribution in [2.45, 2.75) is 25.3 Å². The van der Waals surface area contributed by atoms with Crippen molar-refractivity contribution in [3.8, 4) is 0 Å². The molecule has 1 unspecified atom stereocenters. The lowest BCUT2D eigenvalue weighted by Gasteiger charge is -2.34. The second-order valence-corrected chi connectivity index (χ2v) is 7.26. The van der Waals surface area contributed by atoms with Gasteiger partial charge < -0.3 is 4.90 Å². The van der Waals surface area contributed by atoms with Gasteiger partial charge in [-0.15, -0.1) is 10.2 Å². The van der Waals surface area contributed by atoms with Crippen LogP contribution >= 0.6 is 23.1 Å². The van der Waals surface area contributed by atoms with Crippen LogP contribution in [-0.2, 0) is 6.18 Å². The standard InChI is InChI=1S/C11H15F3N4OS2/c1-6(2)7-5-18(3-4-20-7)10(19)15-9-17-16-8(21-9)11(12,13)14/h6-7H,3-5H2,1-2H3,(H,15,17,19). The minimum atomic E-state index is -4.54. The van der Waals surface area contributed by atoms with Crippen molar-refractivity contribution in [3.63, 3.8) is 0 Å². The number of halogens is 3. The van der Waals surface area contributed by atoms with E-state index in [-0.39, 0.29) is 5.13 Å². The second-order valence-electron chi connectivity index (χ2n) is 4.94. The predicted molar refractivity (Wildman–Crippen MR) is 76.6 cm³/mol. The van der Waals surface area contributed by atoms with E-state index >= 15 is 0 Å². The van der Waals surface area contributed by atoms with Gasteiger partial charge in [-0.1, -0.05) is 25.2 Å². The lowest BCUT2D eigenvalue weighted by Crippen LogP contribution is -2.45. The lowest BCUT2D eigenvalue weighted by molar-refractivity contribution is -0.138. The number of urea groups is 1. The van der Waals surface area contributed by atoms with Gasteiger partial charge in [0, 0.05) is 24.1 Å². The van der Waals surface area contributed by atoms with E-state index < -0.39 is 17.2 Å². The first-order valence-corrected chi connectivity index (χ1v) is 8.22. The van der Waals surface area contributed by atoms with Crippen LogP contribution < -0.4 is 5.32 Å². The number of hydrogen-bond donors (Lipinski definition) is 1. The summed E-state index contributed by atoms with van der Waals surface area (Å²) in [5.74, 6) is 1.25. The van der Waals surface area contributed by atoms with Crippen LogP contribution in [0.25, 0.3) is 0 Å². The van der Waals surface area contributed by atoms with E-state index in [0.717, 1.165) is 5.75 Å².